The molecule has 164 valence electrons. The first-order chi connectivity index (χ1) is 12.6. The number of hydrogen-bond acceptors (Lipinski definition) is 6. The van der Waals surface area contributed by atoms with Crippen molar-refractivity contribution in [3.05, 3.63) is 34.9 Å². The zero-order valence-corrected chi connectivity index (χ0v) is 19.0. The zero-order valence-electron chi connectivity index (χ0n) is 16.3. The topological polar surface area (TPSA) is 160 Å². The molecule has 0 aliphatic heterocycles. The van der Waals surface area contributed by atoms with Crippen LogP contribution in [0.3, 0.4) is 0 Å². The summed E-state index contributed by atoms with van der Waals surface area (Å²) in [6, 6.07) is 0. The van der Waals surface area contributed by atoms with Crippen molar-refractivity contribution in [2.45, 2.75) is 53.4 Å². The molecule has 0 spiro atoms. The lowest BCUT2D eigenvalue weighted by Crippen LogP contribution is -1.99. The lowest BCUT2D eigenvalue weighted by Gasteiger charge is -2.17. The van der Waals surface area contributed by atoms with Crippen molar-refractivity contribution in [3.63, 3.8) is 0 Å². The van der Waals surface area contributed by atoms with Crippen LogP contribution in [0.4, 0.5) is 0 Å². The van der Waals surface area contributed by atoms with Gasteiger partial charge in [-0.3, -0.25) is 4.52 Å². The van der Waals surface area contributed by atoms with Crippen molar-refractivity contribution in [1.82, 2.24) is 0 Å². The van der Waals surface area contributed by atoms with Gasteiger partial charge in [0.2, 0.25) is 0 Å². The first-order valence-corrected chi connectivity index (χ1v) is 12.9. The second-order valence-electron chi connectivity index (χ2n) is 6.35. The highest BCUT2D eigenvalue weighted by molar-refractivity contribution is 7.66. The Hall–Kier alpha value is -0.370. The Bertz CT molecular complexity index is 696. The monoisotopic (exact) mass is 462 g/mol. The number of phosphoric acid groups is 3. The maximum Gasteiger partial charge on any atom is 0.492 e. The van der Waals surface area contributed by atoms with Crippen LogP contribution >= 0.6 is 23.5 Å². The fourth-order valence-corrected chi connectivity index (χ4v) is 5.04. The fraction of sp³-hybridized carbons (Fsp3) is 0.600. The third-order valence-corrected chi connectivity index (χ3v) is 6.97. The van der Waals surface area contributed by atoms with Crippen molar-refractivity contribution in [3.8, 4) is 0 Å². The maximum absolute atomic E-state index is 12.0. The summed E-state index contributed by atoms with van der Waals surface area (Å²) in [6.45, 7) is 7.41. The fourth-order valence-electron chi connectivity index (χ4n) is 1.93. The van der Waals surface area contributed by atoms with Crippen molar-refractivity contribution in [2.75, 3.05) is 6.61 Å². The van der Waals surface area contributed by atoms with Gasteiger partial charge in [0.25, 0.3) is 0 Å². The summed E-state index contributed by atoms with van der Waals surface area (Å²) in [5.41, 5.74) is 3.33. The predicted octanol–water partition coefficient (Wildman–Crippen LogP) is 4.75. The molecule has 0 heterocycles. The van der Waals surface area contributed by atoms with Gasteiger partial charge in [-0.1, -0.05) is 34.9 Å². The van der Waals surface area contributed by atoms with Crippen molar-refractivity contribution >= 4 is 23.5 Å². The molecule has 0 aliphatic carbocycles. The first-order valence-electron chi connectivity index (χ1n) is 8.35. The van der Waals surface area contributed by atoms with E-state index in [0.29, 0.717) is 6.42 Å². The summed E-state index contributed by atoms with van der Waals surface area (Å²) in [6.07, 6.45) is 9.03. The van der Waals surface area contributed by atoms with Crippen molar-refractivity contribution in [2.24, 2.45) is 0 Å². The molecule has 0 amide bonds. The second kappa shape index (κ2) is 12.4. The average molecular weight is 462 g/mol. The van der Waals surface area contributed by atoms with Crippen LogP contribution in [-0.4, -0.2) is 26.2 Å². The predicted molar refractivity (Wildman–Crippen MR) is 105 cm³/mol. The molecule has 0 bridgehead atoms. The minimum absolute atomic E-state index is 0.480. The van der Waals surface area contributed by atoms with Gasteiger partial charge in [-0.2, -0.15) is 8.62 Å². The Labute approximate surface area is 165 Å². The van der Waals surface area contributed by atoms with Gasteiger partial charge in [-0.05, 0) is 53.4 Å². The summed E-state index contributed by atoms with van der Waals surface area (Å²) in [7, 11) is -15.9. The van der Waals surface area contributed by atoms with Crippen LogP contribution in [0.25, 0.3) is 0 Å². The molecule has 13 heteroatoms. The van der Waals surface area contributed by atoms with Crippen LogP contribution < -0.4 is 0 Å². The van der Waals surface area contributed by atoms with E-state index in [0.717, 1.165) is 24.8 Å². The third kappa shape index (κ3) is 16.6. The van der Waals surface area contributed by atoms with E-state index in [4.69, 9.17) is 19.6 Å². The molecule has 0 aromatic rings. The molecule has 4 N–H and O–H groups in total. The molecule has 0 aromatic carbocycles. The highest BCUT2D eigenvalue weighted by atomic mass is 31.3. The molecule has 0 fully saturated rings. The zero-order chi connectivity index (χ0) is 22.0. The maximum atomic E-state index is 12.0. The van der Waals surface area contributed by atoms with E-state index in [9.17, 15) is 13.7 Å². The molecule has 0 saturated heterocycles. The average Bonchev–Trinajstić information content (AvgIpc) is 2.42. The van der Waals surface area contributed by atoms with Gasteiger partial charge in [0.1, 0.15) is 0 Å². The molecule has 10 nitrogen and oxygen atoms in total. The normalized spacial score (nSPS) is 14.3. The highest BCUT2D eigenvalue weighted by Gasteiger charge is 2.41. The Morgan fingerprint density at radius 3 is 1.61 bits per heavy atom. The van der Waals surface area contributed by atoms with Gasteiger partial charge in [-0.25, -0.2) is 13.7 Å². The molecule has 0 saturated carbocycles. The minimum Gasteiger partial charge on any atom is -0.302 e. The highest BCUT2D eigenvalue weighted by Crippen LogP contribution is 2.67. The quantitative estimate of drug-likeness (QED) is 0.222. The van der Waals surface area contributed by atoms with Crippen LogP contribution in [0.5, 0.6) is 0 Å². The number of rotatable bonds is 13. The van der Waals surface area contributed by atoms with E-state index in [-0.39, 0.29) is 0 Å². The third-order valence-electron chi connectivity index (χ3n) is 3.20. The number of hydrogen-bond donors (Lipinski definition) is 4. The standard InChI is InChI=1S/C15H29O10P3/c1-13(2)7-5-8-14(3)9-6-10-15(4)11-12-23-28(22,24-26(16,17)18)25-27(19,20)21/h7,9,11H,5-6,8,10,12H2,1-4H3,(H2,16,17,18)(H2,19,20,21). The van der Waals surface area contributed by atoms with Gasteiger partial charge >= 0.3 is 23.5 Å². The van der Waals surface area contributed by atoms with Crippen molar-refractivity contribution in [1.29, 1.82) is 0 Å². The Kier molecular flexibility index (Phi) is 12.2. The Morgan fingerprint density at radius 1 is 0.750 bits per heavy atom. The minimum atomic E-state index is -5.37. The molecular weight excluding hydrogens is 433 g/mol. The molecule has 0 unspecified atom stereocenters. The SMILES string of the molecule is CC(C)=CCCC(C)=CCCC(C)=CCOP(=O)(OP(=O)(O)O)OP(=O)(O)O. The summed E-state index contributed by atoms with van der Waals surface area (Å²) >= 11 is 0. The molecular formula is C15H29O10P3. The van der Waals surface area contributed by atoms with Crippen molar-refractivity contribution < 1.29 is 46.4 Å². The summed E-state index contributed by atoms with van der Waals surface area (Å²) in [5, 5.41) is 0. The van der Waals surface area contributed by atoms with E-state index in [1.165, 1.54) is 17.2 Å². The molecule has 0 atom stereocenters. The van der Waals surface area contributed by atoms with Gasteiger partial charge in [0.15, 0.2) is 0 Å². The van der Waals surface area contributed by atoms with Gasteiger partial charge in [-0.15, -0.1) is 0 Å². The summed E-state index contributed by atoms with van der Waals surface area (Å²) in [4.78, 5) is 34.8. The molecule has 0 rings (SSSR count). The van der Waals surface area contributed by atoms with Crippen LogP contribution in [0.15, 0.2) is 34.9 Å². The van der Waals surface area contributed by atoms with E-state index < -0.39 is 30.1 Å². The Balaban J connectivity index is 4.66. The van der Waals surface area contributed by atoms with E-state index in [1.54, 1.807) is 6.92 Å². The van der Waals surface area contributed by atoms with Crippen LogP contribution in [0.1, 0.15) is 53.4 Å². The largest absolute Gasteiger partial charge is 0.492 e. The molecule has 28 heavy (non-hydrogen) atoms. The molecule has 0 aromatic heterocycles. The summed E-state index contributed by atoms with van der Waals surface area (Å²) < 4.78 is 45.8. The van der Waals surface area contributed by atoms with E-state index in [1.807, 2.05) is 20.8 Å². The number of allylic oxidation sites excluding steroid dienone is 5. The second-order valence-corrected chi connectivity index (χ2v) is 10.8. The first kappa shape index (κ1) is 27.6. The van der Waals surface area contributed by atoms with Gasteiger partial charge < -0.3 is 19.6 Å². The Morgan fingerprint density at radius 2 is 1.18 bits per heavy atom. The van der Waals surface area contributed by atoms with Crippen LogP contribution in [0, 0.1) is 0 Å². The lowest BCUT2D eigenvalue weighted by atomic mass is 10.1. The smallest absolute Gasteiger partial charge is 0.302 e. The van der Waals surface area contributed by atoms with Gasteiger partial charge in [0.05, 0.1) is 6.61 Å². The molecule has 0 aliphatic rings. The lowest BCUT2D eigenvalue weighted by molar-refractivity contribution is 0.176. The van der Waals surface area contributed by atoms with E-state index >= 15 is 0 Å². The van der Waals surface area contributed by atoms with Gasteiger partial charge in [0, 0.05) is 0 Å². The van der Waals surface area contributed by atoms with Crippen LogP contribution in [-0.2, 0) is 26.8 Å². The van der Waals surface area contributed by atoms with Crippen LogP contribution in [0.2, 0.25) is 0 Å². The summed E-state index contributed by atoms with van der Waals surface area (Å²) in [5.74, 6) is 0. The van der Waals surface area contributed by atoms with E-state index in [2.05, 4.69) is 25.3 Å². The molecule has 0 radical (unpaired) electrons.